The van der Waals surface area contributed by atoms with Crippen molar-refractivity contribution in [1.82, 2.24) is 0 Å². The Morgan fingerprint density at radius 2 is 0.700 bits per heavy atom. The van der Waals surface area contributed by atoms with Crippen LogP contribution in [0.15, 0.2) is 91.0 Å². The van der Waals surface area contributed by atoms with Crippen LogP contribution in [0.4, 0.5) is 0 Å². The van der Waals surface area contributed by atoms with Gasteiger partial charge in [-0.25, -0.2) is 0 Å². The smallest absolute Gasteiger partial charge is 0.0622 e. The van der Waals surface area contributed by atoms with Crippen LogP contribution in [0.25, 0.3) is 0 Å². The van der Waals surface area contributed by atoms with Gasteiger partial charge in [0.15, 0.2) is 0 Å². The van der Waals surface area contributed by atoms with E-state index in [1.807, 2.05) is 0 Å². The minimum Gasteiger partial charge on any atom is -0.0622 e. The Balaban J connectivity index is 2.24. The van der Waals surface area contributed by atoms with Crippen molar-refractivity contribution in [3.8, 4) is 0 Å². The minimum absolute atomic E-state index is 0.0176. The molecule has 1 heteroatoms. The lowest BCUT2D eigenvalue weighted by Gasteiger charge is -2.32. The highest BCUT2D eigenvalue weighted by molar-refractivity contribution is 6.20. The standard InChI is InChI=1S/C19H15.Al.2H/c1-4-10-16(11-5-1)19(17-12-6-2-7-13-17)18-14-8-3-9-15-18;;;/h1-15H;;;. The second kappa shape index (κ2) is 5.67. The third-order valence-electron chi connectivity index (χ3n) is 4.05. The fourth-order valence-corrected chi connectivity index (χ4v) is 3.81. The zero-order valence-electron chi connectivity index (χ0n) is 11.7. The van der Waals surface area contributed by atoms with E-state index >= 15 is 0 Å². The highest BCUT2D eigenvalue weighted by atomic mass is 27.0. The Morgan fingerprint density at radius 3 is 0.950 bits per heavy atom. The van der Waals surface area contributed by atoms with Gasteiger partial charge in [0.2, 0.25) is 16.3 Å². The summed E-state index contributed by atoms with van der Waals surface area (Å²) in [6, 6.07) is 32.5. The summed E-state index contributed by atoms with van der Waals surface area (Å²) in [6.45, 7) is 0. The molecule has 0 aliphatic rings. The lowest BCUT2D eigenvalue weighted by atomic mass is 9.84. The highest BCUT2D eigenvalue weighted by Gasteiger charge is 2.30. The van der Waals surface area contributed by atoms with Crippen molar-refractivity contribution in [2.75, 3.05) is 0 Å². The molecule has 0 bridgehead atoms. The average Bonchev–Trinajstić information content (AvgIpc) is 2.56. The first-order valence-corrected chi connectivity index (χ1v) is 7.98. The molecule has 0 aliphatic heterocycles. The largest absolute Gasteiger partial charge is 0.243 e. The third-order valence-corrected chi connectivity index (χ3v) is 5.79. The topological polar surface area (TPSA) is 0 Å². The Labute approximate surface area is 128 Å². The normalized spacial score (nSPS) is 11.2. The van der Waals surface area contributed by atoms with Crippen LogP contribution in [0.2, 0.25) is 0 Å². The maximum Gasteiger partial charge on any atom is 0.243 e. The van der Waals surface area contributed by atoms with E-state index in [0.29, 0.717) is 0 Å². The Morgan fingerprint density at radius 1 is 0.450 bits per heavy atom. The molecule has 0 nitrogen and oxygen atoms in total. The van der Waals surface area contributed by atoms with Crippen molar-refractivity contribution in [3.05, 3.63) is 108 Å². The minimum atomic E-state index is 0.0176. The summed E-state index contributed by atoms with van der Waals surface area (Å²) in [4.78, 5) is 0. The number of hydrogen-bond donors (Lipinski definition) is 0. The van der Waals surface area contributed by atoms with Gasteiger partial charge in [0.25, 0.3) is 0 Å². The van der Waals surface area contributed by atoms with E-state index in [2.05, 4.69) is 91.0 Å². The van der Waals surface area contributed by atoms with Gasteiger partial charge >= 0.3 is 0 Å². The fourth-order valence-electron chi connectivity index (χ4n) is 2.81. The molecule has 0 saturated carbocycles. The van der Waals surface area contributed by atoms with Crippen LogP contribution >= 0.6 is 0 Å². The molecular formula is C19H17Al. The molecule has 0 radical (unpaired) electrons. The SMILES string of the molecule is [AlH2][C](c1ccccc1)(c1ccccc1)c1ccccc1. The molecule has 20 heavy (non-hydrogen) atoms. The molecule has 0 spiro atoms. The first kappa shape index (κ1) is 13.2. The second-order valence-corrected chi connectivity index (χ2v) is 6.72. The van der Waals surface area contributed by atoms with Gasteiger partial charge in [0.05, 0.1) is 0 Å². The number of hydrogen-bond acceptors (Lipinski definition) is 0. The summed E-state index contributed by atoms with van der Waals surface area (Å²) in [5, 5.41) is 0. The van der Waals surface area contributed by atoms with E-state index in [0.717, 1.165) is 16.3 Å². The molecule has 0 amide bonds. The van der Waals surface area contributed by atoms with Crippen molar-refractivity contribution in [2.45, 2.75) is 4.28 Å². The highest BCUT2D eigenvalue weighted by Crippen LogP contribution is 2.35. The van der Waals surface area contributed by atoms with Crippen LogP contribution in [0.3, 0.4) is 0 Å². The Kier molecular flexibility index (Phi) is 3.74. The lowest BCUT2D eigenvalue weighted by Crippen LogP contribution is -2.29. The van der Waals surface area contributed by atoms with Crippen molar-refractivity contribution >= 4 is 16.3 Å². The Hall–Kier alpha value is -1.81. The monoisotopic (exact) mass is 272 g/mol. The molecule has 96 valence electrons. The van der Waals surface area contributed by atoms with Gasteiger partial charge in [0, 0.05) is 0 Å². The molecular weight excluding hydrogens is 255 g/mol. The van der Waals surface area contributed by atoms with Gasteiger partial charge in [-0.15, -0.1) is 0 Å². The summed E-state index contributed by atoms with van der Waals surface area (Å²) in [5.74, 6) is 0. The molecule has 0 atom stereocenters. The van der Waals surface area contributed by atoms with E-state index in [-0.39, 0.29) is 4.28 Å². The van der Waals surface area contributed by atoms with E-state index in [1.165, 1.54) is 16.7 Å². The first-order chi connectivity index (χ1) is 9.82. The molecule has 0 saturated heterocycles. The number of rotatable bonds is 3. The molecule has 0 heterocycles. The molecule has 0 aromatic heterocycles. The zero-order valence-corrected chi connectivity index (χ0v) is 13.7. The van der Waals surface area contributed by atoms with Gasteiger partial charge in [-0.05, 0) is 21.0 Å². The first-order valence-electron chi connectivity index (χ1n) is 6.98. The van der Waals surface area contributed by atoms with Gasteiger partial charge in [-0.1, -0.05) is 91.0 Å². The predicted molar refractivity (Wildman–Crippen MR) is 87.8 cm³/mol. The summed E-state index contributed by atoms with van der Waals surface area (Å²) in [7, 11) is 0. The second-order valence-electron chi connectivity index (χ2n) is 5.22. The predicted octanol–water partition coefficient (Wildman–Crippen LogP) is 3.61. The summed E-state index contributed by atoms with van der Waals surface area (Å²) in [6.07, 6.45) is 0. The van der Waals surface area contributed by atoms with Gasteiger partial charge in [0.1, 0.15) is 0 Å². The molecule has 3 aromatic rings. The van der Waals surface area contributed by atoms with Crippen LogP contribution in [-0.4, -0.2) is 16.3 Å². The van der Waals surface area contributed by atoms with Gasteiger partial charge in [-0.3, -0.25) is 0 Å². The van der Waals surface area contributed by atoms with Crippen LogP contribution in [0, 0.1) is 0 Å². The van der Waals surface area contributed by atoms with Crippen LogP contribution in [-0.2, 0) is 4.28 Å². The quantitative estimate of drug-likeness (QED) is 0.505. The van der Waals surface area contributed by atoms with Crippen molar-refractivity contribution in [1.29, 1.82) is 0 Å². The fraction of sp³-hybridized carbons (Fsp3) is 0.0526. The summed E-state index contributed by atoms with van der Waals surface area (Å²) in [5.41, 5.74) is 4.14. The molecule has 0 N–H and O–H groups in total. The lowest BCUT2D eigenvalue weighted by molar-refractivity contribution is 0.877. The molecule has 0 unspecified atom stereocenters. The van der Waals surface area contributed by atoms with Crippen LogP contribution < -0.4 is 0 Å². The molecule has 3 rings (SSSR count). The van der Waals surface area contributed by atoms with Crippen molar-refractivity contribution < 1.29 is 0 Å². The van der Waals surface area contributed by atoms with Crippen molar-refractivity contribution in [3.63, 3.8) is 0 Å². The Bertz CT molecular complexity index is 563. The van der Waals surface area contributed by atoms with E-state index in [1.54, 1.807) is 0 Å². The van der Waals surface area contributed by atoms with Gasteiger partial charge < -0.3 is 0 Å². The van der Waals surface area contributed by atoms with Gasteiger partial charge in [-0.2, -0.15) is 0 Å². The summed E-state index contributed by atoms with van der Waals surface area (Å²) < 4.78 is 0.0176. The molecule has 3 aromatic carbocycles. The maximum atomic E-state index is 2.24. The zero-order chi connectivity index (χ0) is 13.8. The van der Waals surface area contributed by atoms with Crippen molar-refractivity contribution in [2.24, 2.45) is 0 Å². The molecule has 0 fully saturated rings. The van der Waals surface area contributed by atoms with E-state index < -0.39 is 0 Å². The number of benzene rings is 3. The summed E-state index contributed by atoms with van der Waals surface area (Å²) >= 11 is 1.03. The third kappa shape index (κ3) is 2.31. The maximum absolute atomic E-state index is 2.24. The average molecular weight is 272 g/mol. The molecule has 0 aliphatic carbocycles. The van der Waals surface area contributed by atoms with Crippen LogP contribution in [0.1, 0.15) is 16.7 Å². The van der Waals surface area contributed by atoms with E-state index in [9.17, 15) is 0 Å². The van der Waals surface area contributed by atoms with E-state index in [4.69, 9.17) is 0 Å². The van der Waals surface area contributed by atoms with Crippen LogP contribution in [0.5, 0.6) is 0 Å².